The minimum absolute atomic E-state index is 0.0605. The van der Waals surface area contributed by atoms with Crippen LogP contribution in [0, 0.1) is 0 Å². The maximum atomic E-state index is 12.9. The minimum atomic E-state index is -4.87. The van der Waals surface area contributed by atoms with E-state index in [4.69, 9.17) is 27.9 Å². The van der Waals surface area contributed by atoms with Crippen molar-refractivity contribution in [1.29, 1.82) is 0 Å². The van der Waals surface area contributed by atoms with Crippen molar-refractivity contribution in [3.05, 3.63) is 49.9 Å². The van der Waals surface area contributed by atoms with Crippen molar-refractivity contribution < 1.29 is 22.7 Å². The average molecular weight is 369 g/mol. The average Bonchev–Trinajstić information content (AvgIpc) is 2.74. The first-order chi connectivity index (χ1) is 10.6. The van der Waals surface area contributed by atoms with Crippen molar-refractivity contribution in [3.63, 3.8) is 0 Å². The maximum Gasteiger partial charge on any atom is 0.433 e. The summed E-state index contributed by atoms with van der Waals surface area (Å²) in [6.07, 6.45) is -4.87. The Labute approximate surface area is 137 Å². The van der Waals surface area contributed by atoms with E-state index >= 15 is 0 Å². The number of nitrogens with one attached hydrogen (secondary N) is 1. The smallest absolute Gasteiger partial charge is 0.433 e. The Balaban J connectivity index is 2.26. The number of aromatic amines is 1. The molecule has 0 spiro atoms. The van der Waals surface area contributed by atoms with E-state index in [9.17, 15) is 22.8 Å². The second kappa shape index (κ2) is 6.29. The highest BCUT2D eigenvalue weighted by Gasteiger charge is 2.39. The van der Waals surface area contributed by atoms with Crippen LogP contribution in [0.25, 0.3) is 0 Å². The predicted octanol–water partition coefficient (Wildman–Crippen LogP) is 3.30. The summed E-state index contributed by atoms with van der Waals surface area (Å²) in [5.41, 5.74) is -3.51. The zero-order chi connectivity index (χ0) is 17.4. The number of ketones is 1. The van der Waals surface area contributed by atoms with Gasteiger partial charge < -0.3 is 4.74 Å². The molecule has 0 radical (unpaired) electrons. The summed E-state index contributed by atoms with van der Waals surface area (Å²) in [6.45, 7) is -0.780. The molecule has 1 aromatic heterocycles. The number of halogens is 5. The molecule has 0 atom stereocenters. The summed E-state index contributed by atoms with van der Waals surface area (Å²) in [4.78, 5) is 23.7. The van der Waals surface area contributed by atoms with E-state index in [1.165, 1.54) is 18.2 Å². The Morgan fingerprint density at radius 1 is 1.35 bits per heavy atom. The van der Waals surface area contributed by atoms with Gasteiger partial charge in [-0.25, -0.2) is 0 Å². The van der Waals surface area contributed by atoms with Gasteiger partial charge >= 0.3 is 6.18 Å². The molecule has 0 aliphatic rings. The van der Waals surface area contributed by atoms with Crippen LogP contribution in [-0.2, 0) is 13.2 Å². The zero-order valence-corrected chi connectivity index (χ0v) is 13.0. The number of alkyl halides is 3. The number of ether oxygens (including phenoxy) is 1. The highest BCUT2D eigenvalue weighted by Crippen LogP contribution is 2.30. The van der Waals surface area contributed by atoms with Gasteiger partial charge in [-0.1, -0.05) is 23.2 Å². The SMILES string of the molecule is Cn1[nH]c(C(F)(F)F)c(C(=O)COc2ccc(Cl)cc2Cl)c1=O. The van der Waals surface area contributed by atoms with Crippen LogP contribution in [0.3, 0.4) is 0 Å². The Kier molecular flexibility index (Phi) is 4.76. The van der Waals surface area contributed by atoms with Crippen molar-refractivity contribution in [1.82, 2.24) is 9.78 Å². The van der Waals surface area contributed by atoms with Gasteiger partial charge in [-0.05, 0) is 18.2 Å². The molecule has 1 aromatic carbocycles. The van der Waals surface area contributed by atoms with E-state index in [0.29, 0.717) is 9.70 Å². The third-order valence-corrected chi connectivity index (χ3v) is 3.39. The lowest BCUT2D eigenvalue weighted by Crippen LogP contribution is -2.24. The van der Waals surface area contributed by atoms with Crippen LogP contribution >= 0.6 is 23.2 Å². The first-order valence-electron chi connectivity index (χ1n) is 6.08. The van der Waals surface area contributed by atoms with E-state index in [0.717, 1.165) is 7.05 Å². The number of benzene rings is 1. The number of carbonyl (C=O) groups is 1. The number of carbonyl (C=O) groups excluding carboxylic acids is 1. The molecule has 0 aliphatic heterocycles. The second-order valence-electron chi connectivity index (χ2n) is 4.51. The summed E-state index contributed by atoms with van der Waals surface area (Å²) >= 11 is 11.5. The molecular formula is C13H9Cl2F3N2O3. The Hall–Kier alpha value is -1.93. The molecule has 0 saturated heterocycles. The molecule has 0 saturated carbocycles. The molecule has 124 valence electrons. The van der Waals surface area contributed by atoms with Crippen molar-refractivity contribution >= 4 is 29.0 Å². The van der Waals surface area contributed by atoms with Crippen LogP contribution in [0.2, 0.25) is 10.0 Å². The maximum absolute atomic E-state index is 12.9. The van der Waals surface area contributed by atoms with Gasteiger partial charge in [0.1, 0.15) is 11.3 Å². The standard InChI is InChI=1S/C13H9Cl2F3N2O3/c1-20-12(22)10(11(19-20)13(16,17)18)8(21)5-23-9-3-2-6(14)4-7(9)15/h2-4,19H,5H2,1H3. The van der Waals surface area contributed by atoms with Crippen molar-refractivity contribution in [2.45, 2.75) is 6.18 Å². The molecule has 2 aromatic rings. The van der Waals surface area contributed by atoms with Crippen molar-refractivity contribution in [3.8, 4) is 5.75 Å². The molecule has 0 bridgehead atoms. The van der Waals surface area contributed by atoms with Gasteiger partial charge in [0.25, 0.3) is 5.56 Å². The van der Waals surface area contributed by atoms with Crippen molar-refractivity contribution in [2.75, 3.05) is 6.61 Å². The van der Waals surface area contributed by atoms with E-state index in [1.54, 1.807) is 0 Å². The van der Waals surface area contributed by atoms with Gasteiger partial charge in [0.05, 0.1) is 5.02 Å². The normalized spacial score (nSPS) is 11.6. The fraction of sp³-hybridized carbons (Fsp3) is 0.231. The molecule has 1 heterocycles. The number of aromatic nitrogens is 2. The predicted molar refractivity (Wildman–Crippen MR) is 77.3 cm³/mol. The van der Waals surface area contributed by atoms with E-state index in [2.05, 4.69) is 0 Å². The van der Waals surface area contributed by atoms with Gasteiger partial charge in [0, 0.05) is 12.1 Å². The van der Waals surface area contributed by atoms with Crippen molar-refractivity contribution in [2.24, 2.45) is 7.05 Å². The topological polar surface area (TPSA) is 64.1 Å². The lowest BCUT2D eigenvalue weighted by Gasteiger charge is -2.08. The molecule has 0 unspecified atom stereocenters. The molecule has 2 rings (SSSR count). The third kappa shape index (κ3) is 3.70. The van der Waals surface area contributed by atoms with Gasteiger partial charge in [-0.15, -0.1) is 0 Å². The number of Topliss-reactive ketones (excluding diaryl/α,β-unsaturated/α-hetero) is 1. The lowest BCUT2D eigenvalue weighted by molar-refractivity contribution is -0.141. The lowest BCUT2D eigenvalue weighted by atomic mass is 10.1. The zero-order valence-electron chi connectivity index (χ0n) is 11.5. The molecule has 23 heavy (non-hydrogen) atoms. The van der Waals surface area contributed by atoms with E-state index in [1.807, 2.05) is 5.10 Å². The summed E-state index contributed by atoms with van der Waals surface area (Å²) < 4.78 is 44.2. The number of H-pyrrole nitrogens is 1. The number of aryl methyl sites for hydroxylation is 1. The molecule has 1 N–H and O–H groups in total. The number of rotatable bonds is 4. The number of nitrogens with zero attached hydrogens (tertiary/aromatic N) is 1. The van der Waals surface area contributed by atoms with Crippen LogP contribution in [0.1, 0.15) is 16.1 Å². The van der Waals surface area contributed by atoms with Crippen LogP contribution in [0.15, 0.2) is 23.0 Å². The Bertz CT molecular complexity index is 812. The van der Waals surface area contributed by atoms with E-state index in [-0.39, 0.29) is 10.8 Å². The molecular weight excluding hydrogens is 360 g/mol. The first kappa shape index (κ1) is 17.4. The van der Waals surface area contributed by atoms with Gasteiger partial charge in [0.2, 0.25) is 5.78 Å². The molecule has 0 fully saturated rings. The quantitative estimate of drug-likeness (QED) is 0.842. The van der Waals surface area contributed by atoms with Gasteiger partial charge in [-0.2, -0.15) is 13.2 Å². The van der Waals surface area contributed by atoms with Gasteiger partial charge in [-0.3, -0.25) is 19.4 Å². The fourth-order valence-electron chi connectivity index (χ4n) is 1.82. The fourth-order valence-corrected chi connectivity index (χ4v) is 2.28. The first-order valence-corrected chi connectivity index (χ1v) is 6.84. The van der Waals surface area contributed by atoms with Crippen LogP contribution < -0.4 is 10.3 Å². The van der Waals surface area contributed by atoms with Gasteiger partial charge in [0.15, 0.2) is 12.3 Å². The Morgan fingerprint density at radius 2 is 2.00 bits per heavy atom. The second-order valence-corrected chi connectivity index (χ2v) is 5.35. The molecule has 10 heteroatoms. The highest BCUT2D eigenvalue weighted by atomic mass is 35.5. The monoisotopic (exact) mass is 368 g/mol. The molecule has 0 amide bonds. The summed E-state index contributed by atoms with van der Waals surface area (Å²) in [5.74, 6) is -1.06. The number of hydrogen-bond acceptors (Lipinski definition) is 3. The highest BCUT2D eigenvalue weighted by molar-refractivity contribution is 6.35. The van der Waals surface area contributed by atoms with Crippen LogP contribution in [0.5, 0.6) is 5.75 Å². The van der Waals surface area contributed by atoms with E-state index < -0.39 is 35.4 Å². The third-order valence-electron chi connectivity index (χ3n) is 2.86. The Morgan fingerprint density at radius 3 is 2.57 bits per heavy atom. The summed E-state index contributed by atoms with van der Waals surface area (Å²) in [6, 6.07) is 4.14. The summed E-state index contributed by atoms with van der Waals surface area (Å²) in [7, 11) is 1.07. The van der Waals surface area contributed by atoms with Crippen LogP contribution in [-0.4, -0.2) is 22.2 Å². The summed E-state index contributed by atoms with van der Waals surface area (Å²) in [5, 5.41) is 2.22. The minimum Gasteiger partial charge on any atom is -0.484 e. The van der Waals surface area contributed by atoms with Crippen LogP contribution in [0.4, 0.5) is 13.2 Å². The number of hydrogen-bond donors (Lipinski definition) is 1. The molecule has 0 aliphatic carbocycles. The molecule has 5 nitrogen and oxygen atoms in total. The largest absolute Gasteiger partial charge is 0.484 e.